The number of hydrogen-bond donors (Lipinski definition) is 2. The van der Waals surface area contributed by atoms with Gasteiger partial charge < -0.3 is 10.3 Å². The Hall–Kier alpha value is -2.17. The number of rotatable bonds is 1. The number of Topliss-reactive ketones (excluding diaryl/α,β-unsaturated/α-hetero) is 1. The number of fused-ring (bicyclic) bond motifs is 9. The number of H-pyrrole nitrogens is 1. The summed E-state index contributed by atoms with van der Waals surface area (Å²) < 4.78 is 0. The summed E-state index contributed by atoms with van der Waals surface area (Å²) in [5, 5.41) is 3.39. The van der Waals surface area contributed by atoms with Gasteiger partial charge in [0.1, 0.15) is 5.69 Å². The van der Waals surface area contributed by atoms with E-state index in [4.69, 9.17) is 0 Å². The first-order chi connectivity index (χ1) is 19.1. The van der Waals surface area contributed by atoms with Crippen molar-refractivity contribution < 1.29 is 9.59 Å². The molecule has 1 aliphatic heterocycles. The molecule has 1 aromatic rings. The van der Waals surface area contributed by atoms with Gasteiger partial charge in [0.05, 0.1) is 11.1 Å². The monoisotopic (exact) mass is 558 g/mol. The van der Waals surface area contributed by atoms with E-state index < -0.39 is 5.54 Å². The van der Waals surface area contributed by atoms with Crippen LogP contribution < -0.4 is 10.7 Å². The smallest absolute Gasteiger partial charge is 0.268 e. The fraction of sp³-hybridized carbons (Fsp3) is 0.750. The summed E-state index contributed by atoms with van der Waals surface area (Å²) in [6.45, 7) is 19.3. The fourth-order valence-electron chi connectivity index (χ4n) is 12.9. The van der Waals surface area contributed by atoms with E-state index in [0.717, 1.165) is 25.7 Å². The van der Waals surface area contributed by atoms with E-state index in [1.54, 1.807) is 17.8 Å². The van der Waals surface area contributed by atoms with E-state index in [1.807, 2.05) is 0 Å². The van der Waals surface area contributed by atoms with Crippen LogP contribution in [-0.2, 0) is 10.3 Å². The molecule has 0 saturated heterocycles. The fourth-order valence-corrected chi connectivity index (χ4v) is 12.9. The first kappa shape index (κ1) is 27.7. The number of amides is 1. The average molecular weight is 559 g/mol. The highest BCUT2D eigenvalue weighted by Gasteiger charge is 2.72. The molecule has 0 radical (unpaired) electrons. The van der Waals surface area contributed by atoms with Crippen LogP contribution in [0.4, 0.5) is 0 Å². The molecule has 4 saturated carbocycles. The first-order valence-corrected chi connectivity index (χ1v) is 16.4. The van der Waals surface area contributed by atoms with Crippen LogP contribution in [0, 0.1) is 50.7 Å². The highest BCUT2D eigenvalue weighted by Crippen LogP contribution is 2.77. The van der Waals surface area contributed by atoms with Crippen LogP contribution in [0.2, 0.25) is 0 Å². The highest BCUT2D eigenvalue weighted by atomic mass is 16.2. The van der Waals surface area contributed by atoms with Gasteiger partial charge in [0.25, 0.3) is 5.91 Å². The molecule has 5 nitrogen and oxygen atoms in total. The number of allylic oxidation sites excluding steroid dienone is 2. The number of carbonyl (C=O) groups is 2. The second kappa shape index (κ2) is 8.05. The Balaban J connectivity index is 1.30. The zero-order valence-electron chi connectivity index (χ0n) is 26.6. The van der Waals surface area contributed by atoms with E-state index in [0.29, 0.717) is 47.1 Å². The Morgan fingerprint density at radius 2 is 1.56 bits per heavy atom. The van der Waals surface area contributed by atoms with E-state index in [2.05, 4.69) is 65.7 Å². The Bertz CT molecular complexity index is 1470. The first-order valence-electron chi connectivity index (χ1n) is 16.4. The summed E-state index contributed by atoms with van der Waals surface area (Å²) in [6.07, 6.45) is 11.1. The predicted octanol–water partition coefficient (Wildman–Crippen LogP) is 7.31. The van der Waals surface area contributed by atoms with Crippen molar-refractivity contribution in [3.8, 4) is 0 Å². The van der Waals surface area contributed by atoms with Gasteiger partial charge in [-0.3, -0.25) is 14.4 Å². The molecule has 0 aromatic carbocycles. The lowest BCUT2D eigenvalue weighted by atomic mass is 9.32. The summed E-state index contributed by atoms with van der Waals surface area (Å²) in [5.74, 6) is 2.06. The lowest BCUT2D eigenvalue weighted by Gasteiger charge is -2.73. The van der Waals surface area contributed by atoms with Crippen molar-refractivity contribution in [3.05, 3.63) is 44.9 Å². The standard InChI is InChI=1S/C36H50N2O3/c1-20(2)26-23(40)19-32(5)14-16-34(7)21(27(26)32)9-10-25-33(6)15-17-36(31(3,4)24(33)11-13-35(25,34)8)28-22(39)12-18-37-29(28)30(41)38-36/h12,18,20-21,24-25H,9-11,13-17,19H2,1-8H3,(H,37,39)(H,38,41)/t21-,24+,25-,32+,33+,34-,35-,36?/m1/s1. The van der Waals surface area contributed by atoms with E-state index >= 15 is 0 Å². The van der Waals surface area contributed by atoms with Gasteiger partial charge in [0, 0.05) is 18.7 Å². The van der Waals surface area contributed by atoms with Gasteiger partial charge in [-0.2, -0.15) is 0 Å². The van der Waals surface area contributed by atoms with Gasteiger partial charge in [-0.25, -0.2) is 0 Å². The molecule has 0 bridgehead atoms. The number of ketones is 1. The highest BCUT2D eigenvalue weighted by molar-refractivity contribution is 6.00. The molecule has 8 atom stereocenters. The number of nitrogens with one attached hydrogen (secondary N) is 2. The lowest BCUT2D eigenvalue weighted by Crippen LogP contribution is -2.69. The molecule has 5 heteroatoms. The predicted molar refractivity (Wildman–Crippen MR) is 161 cm³/mol. The minimum atomic E-state index is -0.624. The Morgan fingerprint density at radius 1 is 0.829 bits per heavy atom. The third-order valence-corrected chi connectivity index (χ3v) is 15.0. The van der Waals surface area contributed by atoms with Gasteiger partial charge in [0.15, 0.2) is 11.2 Å². The van der Waals surface area contributed by atoms with Crippen molar-refractivity contribution in [1.82, 2.24) is 10.3 Å². The van der Waals surface area contributed by atoms with Gasteiger partial charge in [-0.1, -0.05) is 61.0 Å². The van der Waals surface area contributed by atoms with E-state index in [1.165, 1.54) is 31.3 Å². The van der Waals surface area contributed by atoms with Crippen LogP contribution in [0.3, 0.4) is 0 Å². The number of pyridine rings is 1. The zero-order valence-corrected chi connectivity index (χ0v) is 26.6. The van der Waals surface area contributed by atoms with Crippen molar-refractivity contribution in [3.63, 3.8) is 0 Å². The van der Waals surface area contributed by atoms with Crippen LogP contribution in [0.5, 0.6) is 0 Å². The van der Waals surface area contributed by atoms with Crippen molar-refractivity contribution in [1.29, 1.82) is 0 Å². The van der Waals surface area contributed by atoms with Crippen LogP contribution in [0.1, 0.15) is 129 Å². The van der Waals surface area contributed by atoms with Crippen LogP contribution in [-0.4, -0.2) is 16.7 Å². The Labute approximate surface area is 245 Å². The van der Waals surface area contributed by atoms with Gasteiger partial charge >= 0.3 is 0 Å². The largest absolute Gasteiger partial charge is 0.357 e. The second-order valence-electron chi connectivity index (χ2n) is 16.9. The topological polar surface area (TPSA) is 79.0 Å². The number of carbonyl (C=O) groups excluding carboxylic acids is 2. The molecule has 4 fully saturated rings. The summed E-state index contributed by atoms with van der Waals surface area (Å²) in [4.78, 5) is 43.0. The number of aromatic nitrogens is 1. The maximum absolute atomic E-state index is 13.4. The van der Waals surface area contributed by atoms with E-state index in [-0.39, 0.29) is 38.4 Å². The quantitative estimate of drug-likeness (QED) is 0.379. The molecule has 222 valence electrons. The Kier molecular flexibility index (Phi) is 5.43. The zero-order chi connectivity index (χ0) is 29.5. The van der Waals surface area contributed by atoms with Crippen molar-refractivity contribution in [2.24, 2.45) is 50.7 Å². The van der Waals surface area contributed by atoms with Gasteiger partial charge in [0.2, 0.25) is 0 Å². The third-order valence-electron chi connectivity index (χ3n) is 15.0. The number of hydrogen-bond acceptors (Lipinski definition) is 3. The Morgan fingerprint density at radius 3 is 2.27 bits per heavy atom. The lowest BCUT2D eigenvalue weighted by molar-refractivity contribution is -0.226. The van der Waals surface area contributed by atoms with Gasteiger partial charge in [-0.15, -0.1) is 0 Å². The van der Waals surface area contributed by atoms with Gasteiger partial charge in [-0.05, 0) is 108 Å². The minimum Gasteiger partial charge on any atom is -0.357 e. The molecule has 1 unspecified atom stereocenters. The second-order valence-corrected chi connectivity index (χ2v) is 16.9. The van der Waals surface area contributed by atoms with Crippen LogP contribution in [0.15, 0.2) is 28.2 Å². The van der Waals surface area contributed by atoms with Crippen LogP contribution >= 0.6 is 0 Å². The van der Waals surface area contributed by atoms with Crippen molar-refractivity contribution in [2.45, 2.75) is 119 Å². The molecular weight excluding hydrogens is 508 g/mol. The number of aromatic amines is 1. The third kappa shape index (κ3) is 3.02. The van der Waals surface area contributed by atoms with Crippen molar-refractivity contribution in [2.75, 3.05) is 0 Å². The van der Waals surface area contributed by atoms with Crippen molar-refractivity contribution >= 4 is 11.7 Å². The van der Waals surface area contributed by atoms with Crippen LogP contribution in [0.25, 0.3) is 0 Å². The molecule has 1 spiro atoms. The molecule has 7 rings (SSSR count). The molecule has 41 heavy (non-hydrogen) atoms. The molecule has 6 aliphatic rings. The maximum atomic E-state index is 13.4. The van der Waals surface area contributed by atoms with E-state index in [9.17, 15) is 14.4 Å². The molecular formula is C36H50N2O3. The molecule has 2 N–H and O–H groups in total. The summed E-state index contributed by atoms with van der Waals surface area (Å²) >= 11 is 0. The SMILES string of the molecule is CC(C)C1=C2[C@H]3CC[C@@H]4[C@@]5(C)CCC6(NC(=O)c7[nH]ccc(=O)c76)C(C)(C)[C@@H]5CC[C@@]4(C)[C@]3(C)CC[C@@]2(C)CC1=O. The minimum absolute atomic E-state index is 0.0203. The maximum Gasteiger partial charge on any atom is 0.268 e. The summed E-state index contributed by atoms with van der Waals surface area (Å²) in [5.41, 5.74) is 3.50. The molecule has 1 amide bonds. The molecule has 2 heterocycles. The molecule has 5 aliphatic carbocycles. The average Bonchev–Trinajstić information content (AvgIpc) is 3.34. The summed E-state index contributed by atoms with van der Waals surface area (Å²) in [6, 6.07) is 1.59. The normalized spacial score (nSPS) is 46.1. The summed E-state index contributed by atoms with van der Waals surface area (Å²) in [7, 11) is 0. The molecule has 1 aromatic heterocycles.